The average molecular weight is 269 g/mol. The van der Waals surface area contributed by atoms with Gasteiger partial charge in [-0.1, -0.05) is 6.92 Å². The minimum Gasteiger partial charge on any atom is -0.444 e. The maximum absolute atomic E-state index is 12.1. The number of piperidine rings is 1. The van der Waals surface area contributed by atoms with Crippen molar-refractivity contribution in [1.82, 2.24) is 4.90 Å². The molecule has 5 nitrogen and oxygen atoms in total. The molecular formula is C14H23NO4. The van der Waals surface area contributed by atoms with Gasteiger partial charge < -0.3 is 14.4 Å². The molecule has 1 spiro atoms. The summed E-state index contributed by atoms with van der Waals surface area (Å²) in [6.07, 6.45) is 0.853. The fourth-order valence-electron chi connectivity index (χ4n) is 2.65. The fraction of sp³-hybridized carbons (Fsp3) is 0.857. The molecule has 1 unspecified atom stereocenters. The SMILES string of the molecule is CC1COC2(CCN(C(=O)OC(C)(C)C)CC2)C1=O. The van der Waals surface area contributed by atoms with Crippen LogP contribution in [0.4, 0.5) is 4.79 Å². The first-order valence-electron chi connectivity index (χ1n) is 6.90. The van der Waals surface area contributed by atoms with E-state index in [1.807, 2.05) is 27.7 Å². The Morgan fingerprint density at radius 1 is 1.37 bits per heavy atom. The Kier molecular flexibility index (Phi) is 3.60. The number of hydrogen-bond donors (Lipinski definition) is 0. The normalized spacial score (nSPS) is 26.8. The maximum atomic E-state index is 12.1. The first-order chi connectivity index (χ1) is 8.73. The number of carbonyl (C=O) groups is 2. The minimum absolute atomic E-state index is 0.0203. The van der Waals surface area contributed by atoms with Crippen LogP contribution in [-0.4, -0.2) is 47.7 Å². The van der Waals surface area contributed by atoms with Gasteiger partial charge >= 0.3 is 6.09 Å². The summed E-state index contributed by atoms with van der Waals surface area (Å²) in [5.74, 6) is 0.171. The van der Waals surface area contributed by atoms with Gasteiger partial charge in [0.2, 0.25) is 0 Å². The Hall–Kier alpha value is -1.10. The minimum atomic E-state index is -0.641. The lowest BCUT2D eigenvalue weighted by Gasteiger charge is -2.37. The quantitative estimate of drug-likeness (QED) is 0.675. The molecule has 1 amide bonds. The molecule has 2 saturated heterocycles. The van der Waals surface area contributed by atoms with Crippen LogP contribution in [0.25, 0.3) is 0 Å². The lowest BCUT2D eigenvalue weighted by atomic mass is 9.85. The number of carbonyl (C=O) groups excluding carboxylic acids is 2. The Bertz CT molecular complexity index is 377. The number of ketones is 1. The summed E-state index contributed by atoms with van der Waals surface area (Å²) in [4.78, 5) is 25.7. The molecule has 5 heteroatoms. The summed E-state index contributed by atoms with van der Waals surface area (Å²) < 4.78 is 11.0. The van der Waals surface area contributed by atoms with Crippen LogP contribution in [0.15, 0.2) is 0 Å². The second kappa shape index (κ2) is 4.78. The molecular weight excluding hydrogens is 246 g/mol. The zero-order chi connectivity index (χ0) is 14.3. The number of nitrogens with zero attached hydrogens (tertiary/aromatic N) is 1. The van der Waals surface area contributed by atoms with Crippen molar-refractivity contribution < 1.29 is 19.1 Å². The Morgan fingerprint density at radius 2 is 1.95 bits per heavy atom. The summed E-state index contributed by atoms with van der Waals surface area (Å²) in [5, 5.41) is 0. The molecule has 2 rings (SSSR count). The van der Waals surface area contributed by atoms with Crippen LogP contribution >= 0.6 is 0 Å². The van der Waals surface area contributed by atoms with E-state index in [1.165, 1.54) is 0 Å². The molecule has 0 aromatic carbocycles. The summed E-state index contributed by atoms with van der Waals surface area (Å²) in [7, 11) is 0. The second-order valence-corrected chi connectivity index (χ2v) is 6.54. The molecule has 108 valence electrons. The van der Waals surface area contributed by atoms with Crippen LogP contribution in [0.5, 0.6) is 0 Å². The van der Waals surface area contributed by atoms with Crippen molar-refractivity contribution in [1.29, 1.82) is 0 Å². The van der Waals surface area contributed by atoms with E-state index in [4.69, 9.17) is 9.47 Å². The number of likely N-dealkylation sites (tertiary alicyclic amines) is 1. The van der Waals surface area contributed by atoms with Gasteiger partial charge in [-0.2, -0.15) is 0 Å². The van der Waals surface area contributed by atoms with Gasteiger partial charge in [-0.3, -0.25) is 4.79 Å². The smallest absolute Gasteiger partial charge is 0.410 e. The van der Waals surface area contributed by atoms with E-state index in [0.29, 0.717) is 32.5 Å². The first-order valence-corrected chi connectivity index (χ1v) is 6.90. The number of hydrogen-bond acceptors (Lipinski definition) is 4. The van der Waals surface area contributed by atoms with E-state index in [0.717, 1.165) is 0 Å². The van der Waals surface area contributed by atoms with Gasteiger partial charge in [0.05, 0.1) is 6.61 Å². The van der Waals surface area contributed by atoms with Crippen molar-refractivity contribution in [2.75, 3.05) is 19.7 Å². The van der Waals surface area contributed by atoms with Crippen LogP contribution < -0.4 is 0 Å². The van der Waals surface area contributed by atoms with Crippen LogP contribution in [0, 0.1) is 5.92 Å². The lowest BCUT2D eigenvalue weighted by Crippen LogP contribution is -2.51. The summed E-state index contributed by atoms with van der Waals surface area (Å²) in [5.41, 5.74) is -1.13. The van der Waals surface area contributed by atoms with E-state index < -0.39 is 11.2 Å². The van der Waals surface area contributed by atoms with Gasteiger partial charge in [0.1, 0.15) is 11.2 Å². The third kappa shape index (κ3) is 2.91. The van der Waals surface area contributed by atoms with Crippen molar-refractivity contribution in [3.63, 3.8) is 0 Å². The highest BCUT2D eigenvalue weighted by Crippen LogP contribution is 2.35. The zero-order valence-corrected chi connectivity index (χ0v) is 12.2. The standard InChI is InChI=1S/C14H23NO4/c1-10-9-18-14(11(10)16)5-7-15(8-6-14)12(17)19-13(2,3)4/h10H,5-9H2,1-4H3. The fourth-order valence-corrected chi connectivity index (χ4v) is 2.65. The molecule has 2 aliphatic heterocycles. The molecule has 0 bridgehead atoms. The Morgan fingerprint density at radius 3 is 2.37 bits per heavy atom. The molecule has 0 radical (unpaired) electrons. The van der Waals surface area contributed by atoms with E-state index in [2.05, 4.69) is 0 Å². The number of Topliss-reactive ketones (excluding diaryl/α,β-unsaturated/α-hetero) is 1. The van der Waals surface area contributed by atoms with Gasteiger partial charge in [0, 0.05) is 31.8 Å². The maximum Gasteiger partial charge on any atom is 0.410 e. The molecule has 0 aromatic rings. The third-order valence-corrected chi connectivity index (χ3v) is 3.73. The van der Waals surface area contributed by atoms with Crippen LogP contribution in [0.2, 0.25) is 0 Å². The molecule has 2 fully saturated rings. The van der Waals surface area contributed by atoms with Crippen molar-refractivity contribution in [2.24, 2.45) is 5.92 Å². The van der Waals surface area contributed by atoms with Crippen LogP contribution in [0.1, 0.15) is 40.5 Å². The van der Waals surface area contributed by atoms with Crippen LogP contribution in [0.3, 0.4) is 0 Å². The molecule has 0 aliphatic carbocycles. The molecule has 19 heavy (non-hydrogen) atoms. The largest absolute Gasteiger partial charge is 0.444 e. The zero-order valence-electron chi connectivity index (χ0n) is 12.2. The van der Waals surface area contributed by atoms with Gasteiger partial charge in [-0.15, -0.1) is 0 Å². The predicted molar refractivity (Wildman–Crippen MR) is 69.9 cm³/mol. The van der Waals surface area contributed by atoms with Crippen molar-refractivity contribution in [3.05, 3.63) is 0 Å². The topological polar surface area (TPSA) is 55.8 Å². The highest BCUT2D eigenvalue weighted by molar-refractivity contribution is 5.91. The van der Waals surface area contributed by atoms with Gasteiger partial charge in [-0.05, 0) is 20.8 Å². The summed E-state index contributed by atoms with van der Waals surface area (Å²) in [6, 6.07) is 0. The predicted octanol–water partition coefficient (Wildman–Crippen LogP) is 1.99. The van der Waals surface area contributed by atoms with Gasteiger partial charge in [-0.25, -0.2) is 4.79 Å². The van der Waals surface area contributed by atoms with Gasteiger partial charge in [0.15, 0.2) is 5.78 Å². The number of amides is 1. The summed E-state index contributed by atoms with van der Waals surface area (Å²) >= 11 is 0. The van der Waals surface area contributed by atoms with E-state index in [1.54, 1.807) is 4.90 Å². The number of rotatable bonds is 0. The molecule has 1 atom stereocenters. The van der Waals surface area contributed by atoms with Crippen molar-refractivity contribution in [3.8, 4) is 0 Å². The van der Waals surface area contributed by atoms with E-state index in [-0.39, 0.29) is 17.8 Å². The number of ether oxygens (including phenoxy) is 2. The Balaban J connectivity index is 1.93. The van der Waals surface area contributed by atoms with Crippen molar-refractivity contribution >= 4 is 11.9 Å². The van der Waals surface area contributed by atoms with E-state index >= 15 is 0 Å². The molecule has 0 saturated carbocycles. The van der Waals surface area contributed by atoms with Gasteiger partial charge in [0.25, 0.3) is 0 Å². The summed E-state index contributed by atoms with van der Waals surface area (Å²) in [6.45, 7) is 8.99. The molecule has 0 N–H and O–H groups in total. The molecule has 0 aromatic heterocycles. The first kappa shape index (κ1) is 14.3. The highest BCUT2D eigenvalue weighted by Gasteiger charge is 2.49. The lowest BCUT2D eigenvalue weighted by molar-refractivity contribution is -0.137. The van der Waals surface area contributed by atoms with Crippen LogP contribution in [-0.2, 0) is 14.3 Å². The average Bonchev–Trinajstić information content (AvgIpc) is 2.57. The van der Waals surface area contributed by atoms with E-state index in [9.17, 15) is 9.59 Å². The monoisotopic (exact) mass is 269 g/mol. The second-order valence-electron chi connectivity index (χ2n) is 6.54. The third-order valence-electron chi connectivity index (χ3n) is 3.73. The van der Waals surface area contributed by atoms with Crippen molar-refractivity contribution in [2.45, 2.75) is 51.7 Å². The highest BCUT2D eigenvalue weighted by atomic mass is 16.6. The Labute approximate surface area is 114 Å². The molecule has 2 heterocycles. The molecule has 2 aliphatic rings.